The van der Waals surface area contributed by atoms with Crippen molar-refractivity contribution >= 4 is 17.7 Å². The molecule has 0 bridgehead atoms. The molecule has 1 N–H and O–H groups in total. The van der Waals surface area contributed by atoms with E-state index in [-0.39, 0.29) is 11.3 Å². The van der Waals surface area contributed by atoms with Crippen LogP contribution in [0.2, 0.25) is 0 Å². The monoisotopic (exact) mass is 344 g/mol. The Kier molecular flexibility index (Phi) is 4.98. The maximum atomic E-state index is 12.2. The molecule has 0 radical (unpaired) electrons. The lowest BCUT2D eigenvalue weighted by Gasteiger charge is -2.34. The summed E-state index contributed by atoms with van der Waals surface area (Å²) in [6, 6.07) is 3.58. The van der Waals surface area contributed by atoms with Gasteiger partial charge in [0.05, 0.1) is 12.2 Å². The van der Waals surface area contributed by atoms with Crippen molar-refractivity contribution in [3.8, 4) is 0 Å². The molecule has 1 amide bonds. The van der Waals surface area contributed by atoms with E-state index in [0.717, 1.165) is 37.8 Å². The van der Waals surface area contributed by atoms with E-state index in [9.17, 15) is 4.79 Å². The molecule has 1 saturated heterocycles. The second-order valence-electron chi connectivity index (χ2n) is 7.19. The van der Waals surface area contributed by atoms with Gasteiger partial charge in [0.2, 0.25) is 17.7 Å². The quantitative estimate of drug-likeness (QED) is 0.900. The van der Waals surface area contributed by atoms with Crippen LogP contribution in [0.25, 0.3) is 0 Å². The lowest BCUT2D eigenvalue weighted by Crippen LogP contribution is -2.49. The van der Waals surface area contributed by atoms with Crippen molar-refractivity contribution in [1.29, 1.82) is 0 Å². The average Bonchev–Trinajstić information content (AvgIpc) is 3.05. The van der Waals surface area contributed by atoms with Crippen molar-refractivity contribution in [2.45, 2.75) is 26.2 Å². The molecule has 0 unspecified atom stereocenters. The highest BCUT2D eigenvalue weighted by Crippen LogP contribution is 2.23. The highest BCUT2D eigenvalue weighted by atomic mass is 16.5. The average molecular weight is 344 g/mol. The number of nitrogens with zero attached hydrogens (tertiary/aromatic N) is 5. The molecule has 2 aromatic rings. The van der Waals surface area contributed by atoms with Crippen LogP contribution >= 0.6 is 0 Å². The molecule has 134 valence electrons. The maximum absolute atomic E-state index is 12.2. The summed E-state index contributed by atoms with van der Waals surface area (Å²) in [7, 11) is 0. The van der Waals surface area contributed by atoms with Crippen LogP contribution in [0.5, 0.6) is 0 Å². The lowest BCUT2D eigenvalue weighted by atomic mass is 9.92. The SMILES string of the molecule is CC(C)(C)c1cc(NC(=O)CN2CCN(c3ncccn3)CC2)on1. The van der Waals surface area contributed by atoms with E-state index in [2.05, 4.69) is 30.2 Å². The van der Waals surface area contributed by atoms with Gasteiger partial charge in [-0.05, 0) is 6.07 Å². The van der Waals surface area contributed by atoms with E-state index in [1.165, 1.54) is 0 Å². The highest BCUT2D eigenvalue weighted by molar-refractivity contribution is 5.91. The maximum Gasteiger partial charge on any atom is 0.240 e. The number of rotatable bonds is 4. The van der Waals surface area contributed by atoms with Gasteiger partial charge in [-0.3, -0.25) is 15.0 Å². The van der Waals surface area contributed by atoms with Gasteiger partial charge in [0.25, 0.3) is 0 Å². The first kappa shape index (κ1) is 17.3. The van der Waals surface area contributed by atoms with E-state index >= 15 is 0 Å². The van der Waals surface area contributed by atoms with Crippen LogP contribution in [0.4, 0.5) is 11.8 Å². The van der Waals surface area contributed by atoms with Gasteiger partial charge in [-0.15, -0.1) is 0 Å². The van der Waals surface area contributed by atoms with E-state index in [0.29, 0.717) is 12.4 Å². The van der Waals surface area contributed by atoms with E-state index in [1.807, 2.05) is 20.8 Å². The van der Waals surface area contributed by atoms with Gasteiger partial charge in [0.15, 0.2) is 0 Å². The number of aromatic nitrogens is 3. The molecule has 1 aliphatic rings. The fourth-order valence-corrected chi connectivity index (χ4v) is 2.63. The Morgan fingerprint density at radius 2 is 1.88 bits per heavy atom. The Labute approximate surface area is 147 Å². The Morgan fingerprint density at radius 1 is 1.20 bits per heavy atom. The molecule has 1 aliphatic heterocycles. The van der Waals surface area contributed by atoms with Crippen LogP contribution in [-0.2, 0) is 10.2 Å². The summed E-state index contributed by atoms with van der Waals surface area (Å²) in [6.07, 6.45) is 3.48. The van der Waals surface area contributed by atoms with E-state index in [1.54, 1.807) is 24.5 Å². The molecule has 0 atom stereocenters. The van der Waals surface area contributed by atoms with Crippen molar-refractivity contribution in [2.24, 2.45) is 0 Å². The van der Waals surface area contributed by atoms with Crippen LogP contribution < -0.4 is 10.2 Å². The van der Waals surface area contributed by atoms with Crippen molar-refractivity contribution in [2.75, 3.05) is 42.9 Å². The third-order valence-electron chi connectivity index (χ3n) is 4.12. The summed E-state index contributed by atoms with van der Waals surface area (Å²) in [5.74, 6) is 1.04. The van der Waals surface area contributed by atoms with Crippen molar-refractivity contribution in [3.05, 3.63) is 30.2 Å². The van der Waals surface area contributed by atoms with Gasteiger partial charge in [-0.25, -0.2) is 9.97 Å². The number of carbonyl (C=O) groups excluding carboxylic acids is 1. The number of carbonyl (C=O) groups is 1. The smallest absolute Gasteiger partial charge is 0.240 e. The van der Waals surface area contributed by atoms with Gasteiger partial charge >= 0.3 is 0 Å². The summed E-state index contributed by atoms with van der Waals surface area (Å²) >= 11 is 0. The zero-order valence-corrected chi connectivity index (χ0v) is 14.9. The van der Waals surface area contributed by atoms with Crippen molar-refractivity contribution < 1.29 is 9.32 Å². The predicted molar refractivity (Wildman–Crippen MR) is 94.5 cm³/mol. The summed E-state index contributed by atoms with van der Waals surface area (Å²) in [5, 5.41) is 6.78. The zero-order valence-electron chi connectivity index (χ0n) is 14.9. The van der Waals surface area contributed by atoms with Gasteiger partial charge in [-0.2, -0.15) is 0 Å². The Bertz CT molecular complexity index is 701. The molecule has 0 saturated carbocycles. The number of hydrogen-bond donors (Lipinski definition) is 1. The van der Waals surface area contributed by atoms with Gasteiger partial charge in [0, 0.05) is 50.1 Å². The Hall–Kier alpha value is -2.48. The van der Waals surface area contributed by atoms with Gasteiger partial charge in [-0.1, -0.05) is 25.9 Å². The van der Waals surface area contributed by atoms with Crippen molar-refractivity contribution in [3.63, 3.8) is 0 Å². The molecule has 2 aromatic heterocycles. The molecule has 3 heterocycles. The van der Waals surface area contributed by atoms with Gasteiger partial charge in [0.1, 0.15) is 0 Å². The second kappa shape index (κ2) is 7.18. The zero-order chi connectivity index (χ0) is 17.9. The number of anilines is 2. The third kappa shape index (κ3) is 4.54. The first-order valence-electron chi connectivity index (χ1n) is 8.43. The van der Waals surface area contributed by atoms with Crippen LogP contribution in [0.15, 0.2) is 29.0 Å². The number of nitrogens with one attached hydrogen (secondary N) is 1. The number of hydrogen-bond acceptors (Lipinski definition) is 7. The minimum absolute atomic E-state index is 0.0963. The lowest BCUT2D eigenvalue weighted by molar-refractivity contribution is -0.117. The minimum Gasteiger partial charge on any atom is -0.338 e. The van der Waals surface area contributed by atoms with Crippen LogP contribution in [0, 0.1) is 0 Å². The summed E-state index contributed by atoms with van der Waals surface area (Å²) in [4.78, 5) is 25.0. The molecule has 8 heteroatoms. The first-order chi connectivity index (χ1) is 11.9. The molecule has 0 spiro atoms. The topological polar surface area (TPSA) is 87.4 Å². The summed E-state index contributed by atoms with van der Waals surface area (Å²) in [5.41, 5.74) is 0.710. The van der Waals surface area contributed by atoms with E-state index < -0.39 is 0 Å². The normalized spacial score (nSPS) is 16.0. The Morgan fingerprint density at radius 3 is 2.48 bits per heavy atom. The predicted octanol–water partition coefficient (Wildman–Crippen LogP) is 1.52. The van der Waals surface area contributed by atoms with Crippen LogP contribution in [0.1, 0.15) is 26.5 Å². The number of amides is 1. The third-order valence-corrected chi connectivity index (χ3v) is 4.12. The van der Waals surface area contributed by atoms with Gasteiger partial charge < -0.3 is 9.42 Å². The summed E-state index contributed by atoms with van der Waals surface area (Å²) < 4.78 is 5.20. The molecule has 3 rings (SSSR count). The second-order valence-corrected chi connectivity index (χ2v) is 7.19. The minimum atomic E-state index is -0.109. The molecule has 25 heavy (non-hydrogen) atoms. The molecular weight excluding hydrogens is 320 g/mol. The largest absolute Gasteiger partial charge is 0.338 e. The molecule has 0 aromatic carbocycles. The molecule has 1 fully saturated rings. The highest BCUT2D eigenvalue weighted by Gasteiger charge is 2.22. The number of piperazine rings is 1. The van der Waals surface area contributed by atoms with Crippen LogP contribution in [-0.4, -0.2) is 58.7 Å². The molecule has 8 nitrogen and oxygen atoms in total. The van der Waals surface area contributed by atoms with Crippen molar-refractivity contribution in [1.82, 2.24) is 20.0 Å². The Balaban J connectivity index is 1.47. The summed E-state index contributed by atoms with van der Waals surface area (Å²) in [6.45, 7) is 9.65. The fraction of sp³-hybridized carbons (Fsp3) is 0.529. The van der Waals surface area contributed by atoms with E-state index in [4.69, 9.17) is 4.52 Å². The first-order valence-corrected chi connectivity index (χ1v) is 8.43. The van der Waals surface area contributed by atoms with Crippen LogP contribution in [0.3, 0.4) is 0 Å². The standard InChI is InChI=1S/C17H24N6O2/c1-17(2,3)13-11-15(25-21-13)20-14(24)12-22-7-9-23(10-8-22)16-18-5-4-6-19-16/h4-6,11H,7-10,12H2,1-3H3,(H,20,24). The molecular formula is C17H24N6O2. The molecule has 0 aliphatic carbocycles. The fourth-order valence-electron chi connectivity index (χ4n) is 2.63.